The Hall–Kier alpha value is -1.20. The van der Waals surface area contributed by atoms with E-state index in [4.69, 9.17) is 0 Å². The summed E-state index contributed by atoms with van der Waals surface area (Å²) in [5.41, 5.74) is 0.0380. The lowest BCUT2D eigenvalue weighted by Gasteiger charge is -2.35. The molecule has 17 heavy (non-hydrogen) atoms. The van der Waals surface area contributed by atoms with Crippen LogP contribution in [0.5, 0.6) is 0 Å². The second kappa shape index (κ2) is 3.92. The van der Waals surface area contributed by atoms with E-state index in [2.05, 4.69) is 4.98 Å². The molecule has 0 aromatic carbocycles. The van der Waals surface area contributed by atoms with Gasteiger partial charge in [0.2, 0.25) is 0 Å². The normalized spacial score (nSPS) is 17.6. The molecule has 1 aliphatic rings. The van der Waals surface area contributed by atoms with Crippen LogP contribution in [0.1, 0.15) is 25.0 Å². The van der Waals surface area contributed by atoms with E-state index in [1.54, 1.807) is 11.3 Å². The van der Waals surface area contributed by atoms with Crippen molar-refractivity contribution in [1.29, 1.82) is 0 Å². The summed E-state index contributed by atoms with van der Waals surface area (Å²) in [6.45, 7) is 0. The fourth-order valence-corrected chi connectivity index (χ4v) is 3.85. The molecule has 3 rings (SSSR count). The summed E-state index contributed by atoms with van der Waals surface area (Å²) in [7, 11) is 0. The number of aliphatic carboxylic acids is 1. The summed E-state index contributed by atoms with van der Waals surface area (Å²) in [6, 6.07) is 4.00. The molecular formula is C12H11NO2S2. The van der Waals surface area contributed by atoms with Crippen LogP contribution in [0.15, 0.2) is 22.9 Å². The lowest BCUT2D eigenvalue weighted by atomic mass is 9.67. The molecule has 88 valence electrons. The van der Waals surface area contributed by atoms with Crippen LogP contribution in [0.25, 0.3) is 9.88 Å². The van der Waals surface area contributed by atoms with Crippen LogP contribution in [-0.2, 0) is 10.2 Å². The van der Waals surface area contributed by atoms with Crippen molar-refractivity contribution < 1.29 is 9.90 Å². The average molecular weight is 265 g/mol. The number of nitrogens with zero attached hydrogens (tertiary/aromatic N) is 1. The van der Waals surface area contributed by atoms with Crippen molar-refractivity contribution in [2.75, 3.05) is 0 Å². The van der Waals surface area contributed by atoms with Gasteiger partial charge in [0.15, 0.2) is 0 Å². The van der Waals surface area contributed by atoms with Crippen molar-refractivity contribution in [3.05, 3.63) is 28.6 Å². The van der Waals surface area contributed by atoms with E-state index in [-0.39, 0.29) is 0 Å². The van der Waals surface area contributed by atoms with Gasteiger partial charge in [-0.15, -0.1) is 22.7 Å². The first-order valence-electron chi connectivity index (χ1n) is 5.46. The number of rotatable bonds is 3. The number of carbonyl (C=O) groups is 1. The van der Waals surface area contributed by atoms with Crippen LogP contribution in [0.4, 0.5) is 0 Å². The van der Waals surface area contributed by atoms with Gasteiger partial charge in [0, 0.05) is 5.38 Å². The van der Waals surface area contributed by atoms with Crippen molar-refractivity contribution in [2.45, 2.75) is 24.7 Å². The Balaban J connectivity index is 1.98. The van der Waals surface area contributed by atoms with E-state index in [1.807, 2.05) is 22.9 Å². The van der Waals surface area contributed by atoms with Crippen LogP contribution in [-0.4, -0.2) is 16.1 Å². The quantitative estimate of drug-likeness (QED) is 0.925. The summed E-state index contributed by atoms with van der Waals surface area (Å²) in [4.78, 5) is 17.0. The van der Waals surface area contributed by atoms with Gasteiger partial charge in [0.1, 0.15) is 10.4 Å². The summed E-state index contributed by atoms with van der Waals surface area (Å²) < 4.78 is 0. The summed E-state index contributed by atoms with van der Waals surface area (Å²) >= 11 is 3.17. The molecule has 3 nitrogen and oxygen atoms in total. The van der Waals surface area contributed by atoms with Crippen molar-refractivity contribution in [3.63, 3.8) is 0 Å². The second-order valence-corrected chi connectivity index (χ2v) is 6.06. The molecule has 0 saturated heterocycles. The van der Waals surface area contributed by atoms with Gasteiger partial charge in [-0.25, -0.2) is 4.98 Å². The summed E-state index contributed by atoms with van der Waals surface area (Å²) in [6.07, 6.45) is 2.42. The molecule has 2 aromatic heterocycles. The molecule has 0 amide bonds. The summed E-state index contributed by atoms with van der Waals surface area (Å²) in [5, 5.41) is 14.2. The zero-order valence-corrected chi connectivity index (χ0v) is 10.7. The molecule has 0 aliphatic heterocycles. The number of hydrogen-bond acceptors (Lipinski definition) is 4. The average Bonchev–Trinajstić information content (AvgIpc) is 2.83. The molecule has 1 fully saturated rings. The van der Waals surface area contributed by atoms with Crippen molar-refractivity contribution in [1.82, 2.24) is 4.98 Å². The van der Waals surface area contributed by atoms with Crippen LogP contribution in [0.3, 0.4) is 0 Å². The third-order valence-corrected chi connectivity index (χ3v) is 5.22. The highest BCUT2D eigenvalue weighted by atomic mass is 32.1. The van der Waals surface area contributed by atoms with Gasteiger partial charge < -0.3 is 5.11 Å². The number of hydrogen-bond donors (Lipinski definition) is 1. The van der Waals surface area contributed by atoms with Gasteiger partial charge in [-0.1, -0.05) is 12.5 Å². The standard InChI is InChI=1S/C12H11NO2S2/c14-11(15)12(4-2-5-12)9-7-17-10(13-9)8-3-1-6-16-8/h1,3,6-7H,2,4-5H2,(H,14,15). The monoisotopic (exact) mass is 265 g/mol. The van der Waals surface area contributed by atoms with E-state index in [9.17, 15) is 9.90 Å². The second-order valence-electron chi connectivity index (χ2n) is 4.26. The van der Waals surface area contributed by atoms with E-state index >= 15 is 0 Å². The van der Waals surface area contributed by atoms with Crippen molar-refractivity contribution in [3.8, 4) is 9.88 Å². The molecule has 0 atom stereocenters. The zero-order valence-electron chi connectivity index (χ0n) is 9.05. The highest BCUT2D eigenvalue weighted by Gasteiger charge is 2.47. The first kappa shape index (κ1) is 10.9. The minimum atomic E-state index is -0.730. The molecule has 0 bridgehead atoms. The predicted molar refractivity (Wildman–Crippen MR) is 68.6 cm³/mol. The summed E-state index contributed by atoms with van der Waals surface area (Å²) in [5.74, 6) is -0.730. The Morgan fingerprint density at radius 1 is 1.41 bits per heavy atom. The van der Waals surface area contributed by atoms with Gasteiger partial charge in [-0.05, 0) is 24.3 Å². The SMILES string of the molecule is O=C(O)C1(c2csc(-c3cccs3)n2)CCC1. The molecule has 2 aromatic rings. The third-order valence-electron chi connectivity index (χ3n) is 3.34. The highest BCUT2D eigenvalue weighted by molar-refractivity contribution is 7.20. The largest absolute Gasteiger partial charge is 0.481 e. The number of aromatic nitrogens is 1. The van der Waals surface area contributed by atoms with Crippen LogP contribution in [0.2, 0.25) is 0 Å². The zero-order chi connectivity index (χ0) is 11.9. The van der Waals surface area contributed by atoms with Crippen LogP contribution >= 0.6 is 22.7 Å². The van der Waals surface area contributed by atoms with Gasteiger partial charge in [0.05, 0.1) is 10.6 Å². The molecule has 1 aliphatic carbocycles. The first-order chi connectivity index (χ1) is 8.22. The fraction of sp³-hybridized carbons (Fsp3) is 0.333. The maximum absolute atomic E-state index is 11.4. The Morgan fingerprint density at radius 3 is 2.76 bits per heavy atom. The molecule has 0 radical (unpaired) electrons. The maximum atomic E-state index is 11.4. The number of thiophene rings is 1. The molecular weight excluding hydrogens is 254 g/mol. The Kier molecular flexibility index (Phi) is 2.52. The molecule has 2 heterocycles. The van der Waals surface area contributed by atoms with E-state index in [0.717, 1.165) is 34.8 Å². The molecule has 1 saturated carbocycles. The number of carboxylic acid groups (broad SMARTS) is 1. The first-order valence-corrected chi connectivity index (χ1v) is 7.22. The Labute approximate surface area is 107 Å². The van der Waals surface area contributed by atoms with Gasteiger partial charge in [-0.2, -0.15) is 0 Å². The van der Waals surface area contributed by atoms with Gasteiger partial charge >= 0.3 is 5.97 Å². The topological polar surface area (TPSA) is 50.2 Å². The number of carboxylic acids is 1. The van der Waals surface area contributed by atoms with Crippen LogP contribution in [0, 0.1) is 0 Å². The predicted octanol–water partition coefficient (Wildman–Crippen LogP) is 3.38. The smallest absolute Gasteiger partial charge is 0.315 e. The Bertz CT molecular complexity index is 541. The van der Waals surface area contributed by atoms with Crippen LogP contribution < -0.4 is 0 Å². The molecule has 5 heteroatoms. The minimum Gasteiger partial charge on any atom is -0.481 e. The lowest BCUT2D eigenvalue weighted by molar-refractivity contribution is -0.147. The molecule has 0 spiro atoms. The third kappa shape index (κ3) is 1.61. The van der Waals surface area contributed by atoms with Gasteiger partial charge in [-0.3, -0.25) is 4.79 Å². The fourth-order valence-electron chi connectivity index (χ4n) is 2.12. The van der Waals surface area contributed by atoms with Crippen molar-refractivity contribution in [2.24, 2.45) is 0 Å². The lowest BCUT2D eigenvalue weighted by Crippen LogP contribution is -2.42. The molecule has 1 N–H and O–H groups in total. The minimum absolute atomic E-state index is 0.702. The van der Waals surface area contributed by atoms with Gasteiger partial charge in [0.25, 0.3) is 0 Å². The maximum Gasteiger partial charge on any atom is 0.315 e. The number of thiazole rings is 1. The Morgan fingerprint density at radius 2 is 2.24 bits per heavy atom. The van der Waals surface area contributed by atoms with E-state index in [0.29, 0.717) is 0 Å². The van der Waals surface area contributed by atoms with Crippen molar-refractivity contribution >= 4 is 28.6 Å². The highest BCUT2D eigenvalue weighted by Crippen LogP contribution is 2.45. The van der Waals surface area contributed by atoms with E-state index in [1.165, 1.54) is 11.3 Å². The van der Waals surface area contributed by atoms with E-state index < -0.39 is 11.4 Å². The molecule has 0 unspecified atom stereocenters.